The Balaban J connectivity index is 0.00000300. The maximum Gasteiger partial charge on any atom is 0.244 e. The van der Waals surface area contributed by atoms with Crippen molar-refractivity contribution < 1.29 is 14.3 Å². The van der Waals surface area contributed by atoms with Gasteiger partial charge in [-0.1, -0.05) is 19.3 Å². The van der Waals surface area contributed by atoms with Crippen LogP contribution in [0, 0.1) is 5.41 Å². The molecule has 9 heteroatoms. The van der Waals surface area contributed by atoms with E-state index in [1.807, 2.05) is 18.7 Å². The third-order valence-corrected chi connectivity index (χ3v) is 5.87. The first-order valence-corrected chi connectivity index (χ1v) is 10.3. The minimum atomic E-state index is -0.0714. The third-order valence-electron chi connectivity index (χ3n) is 5.87. The van der Waals surface area contributed by atoms with Gasteiger partial charge in [-0.2, -0.15) is 5.10 Å². The SMILES string of the molecule is CC1CN(C(=O)Cn2cc(NC(=O)CC3(CN)CCCCC3)cn2)CC(C)O1.Cl. The molecule has 2 atom stereocenters. The lowest BCUT2D eigenvalue weighted by atomic mass is 9.71. The van der Waals surface area contributed by atoms with Crippen LogP contribution in [0.25, 0.3) is 0 Å². The van der Waals surface area contributed by atoms with Crippen LogP contribution in [0.1, 0.15) is 52.4 Å². The first kappa shape index (κ1) is 23.6. The highest BCUT2D eigenvalue weighted by atomic mass is 35.5. The number of rotatable bonds is 6. The molecule has 0 spiro atoms. The number of anilines is 1. The van der Waals surface area contributed by atoms with Gasteiger partial charge in [0, 0.05) is 25.7 Å². The zero-order valence-corrected chi connectivity index (χ0v) is 18.2. The lowest BCUT2D eigenvalue weighted by molar-refractivity contribution is -0.144. The summed E-state index contributed by atoms with van der Waals surface area (Å²) in [5.74, 6) is -0.0266. The van der Waals surface area contributed by atoms with Gasteiger partial charge in [0.05, 0.1) is 24.1 Å². The minimum Gasteiger partial charge on any atom is -0.372 e. The lowest BCUT2D eigenvalue weighted by Crippen LogP contribution is -2.49. The molecule has 164 valence electrons. The second kappa shape index (κ2) is 10.4. The predicted octanol–water partition coefficient (Wildman–Crippen LogP) is 2.18. The van der Waals surface area contributed by atoms with Gasteiger partial charge in [0.25, 0.3) is 0 Å². The zero-order chi connectivity index (χ0) is 20.1. The number of halogens is 1. The Kier molecular flexibility index (Phi) is 8.48. The number of nitrogens with one attached hydrogen (secondary N) is 1. The van der Waals surface area contributed by atoms with E-state index in [0.29, 0.717) is 31.7 Å². The summed E-state index contributed by atoms with van der Waals surface area (Å²) < 4.78 is 7.24. The topological polar surface area (TPSA) is 102 Å². The maximum atomic E-state index is 12.5. The van der Waals surface area contributed by atoms with Gasteiger partial charge in [0.2, 0.25) is 11.8 Å². The van der Waals surface area contributed by atoms with Gasteiger partial charge in [-0.15, -0.1) is 12.4 Å². The Labute approximate surface area is 178 Å². The van der Waals surface area contributed by atoms with Crippen molar-refractivity contribution in [3.63, 3.8) is 0 Å². The number of hydrogen-bond acceptors (Lipinski definition) is 5. The molecule has 1 aromatic heterocycles. The van der Waals surface area contributed by atoms with Crippen molar-refractivity contribution in [2.75, 3.05) is 25.0 Å². The summed E-state index contributed by atoms with van der Waals surface area (Å²) in [5.41, 5.74) is 6.53. The van der Waals surface area contributed by atoms with E-state index in [9.17, 15) is 9.59 Å². The standard InChI is InChI=1S/C20H33N5O3.ClH/c1-15-10-24(11-16(2)28-15)19(27)13-25-12-17(9-22-25)23-18(26)8-20(14-21)6-4-3-5-7-20;/h9,12,15-16H,3-8,10-11,13-14,21H2,1-2H3,(H,23,26);1H. The Bertz CT molecular complexity index is 679. The number of hydrogen-bond donors (Lipinski definition) is 2. The van der Waals surface area contributed by atoms with Crippen molar-refractivity contribution in [1.82, 2.24) is 14.7 Å². The van der Waals surface area contributed by atoms with Gasteiger partial charge in [-0.25, -0.2) is 0 Å². The fourth-order valence-electron chi connectivity index (χ4n) is 4.44. The molecule has 2 aliphatic rings. The molecular formula is C20H34ClN5O3. The van der Waals surface area contributed by atoms with Crippen LogP contribution in [-0.4, -0.2) is 58.3 Å². The highest BCUT2D eigenvalue weighted by Crippen LogP contribution is 2.38. The van der Waals surface area contributed by atoms with Gasteiger partial charge in [-0.05, 0) is 38.6 Å². The number of nitrogens with zero attached hydrogens (tertiary/aromatic N) is 3. The van der Waals surface area contributed by atoms with Crippen molar-refractivity contribution in [2.24, 2.45) is 11.1 Å². The summed E-state index contributed by atoms with van der Waals surface area (Å²) in [5, 5.41) is 7.14. The van der Waals surface area contributed by atoms with Crippen molar-refractivity contribution in [3.05, 3.63) is 12.4 Å². The molecule has 1 aliphatic carbocycles. The second-order valence-corrected chi connectivity index (χ2v) is 8.47. The van der Waals surface area contributed by atoms with Gasteiger partial charge in [0.1, 0.15) is 6.54 Å². The highest BCUT2D eigenvalue weighted by Gasteiger charge is 2.33. The molecule has 1 aliphatic heterocycles. The van der Waals surface area contributed by atoms with Crippen molar-refractivity contribution in [1.29, 1.82) is 0 Å². The van der Waals surface area contributed by atoms with Crippen LogP contribution >= 0.6 is 12.4 Å². The molecule has 1 saturated carbocycles. The lowest BCUT2D eigenvalue weighted by Gasteiger charge is -2.35. The van der Waals surface area contributed by atoms with Crippen LogP contribution in [0.4, 0.5) is 5.69 Å². The van der Waals surface area contributed by atoms with Crippen LogP contribution in [0.3, 0.4) is 0 Å². The molecule has 29 heavy (non-hydrogen) atoms. The molecule has 2 heterocycles. The quantitative estimate of drug-likeness (QED) is 0.724. The van der Waals surface area contributed by atoms with E-state index in [1.54, 1.807) is 17.1 Å². The van der Waals surface area contributed by atoms with E-state index >= 15 is 0 Å². The molecule has 3 rings (SSSR count). The number of carbonyl (C=O) groups is 2. The largest absolute Gasteiger partial charge is 0.372 e. The van der Waals surface area contributed by atoms with E-state index in [-0.39, 0.29) is 48.4 Å². The molecule has 1 saturated heterocycles. The van der Waals surface area contributed by atoms with E-state index < -0.39 is 0 Å². The second-order valence-electron chi connectivity index (χ2n) is 8.47. The molecule has 0 bridgehead atoms. The van der Waals surface area contributed by atoms with Crippen LogP contribution in [-0.2, 0) is 20.9 Å². The number of amides is 2. The van der Waals surface area contributed by atoms with Crippen molar-refractivity contribution in [2.45, 2.75) is 71.1 Å². The number of carbonyl (C=O) groups excluding carboxylic acids is 2. The maximum absolute atomic E-state index is 12.5. The Morgan fingerprint density at radius 2 is 1.90 bits per heavy atom. The summed E-state index contributed by atoms with van der Waals surface area (Å²) in [7, 11) is 0. The molecule has 1 aromatic rings. The average Bonchev–Trinajstić information content (AvgIpc) is 3.08. The fourth-order valence-corrected chi connectivity index (χ4v) is 4.44. The van der Waals surface area contributed by atoms with Gasteiger partial charge in [-0.3, -0.25) is 14.3 Å². The minimum absolute atomic E-state index is 0. The van der Waals surface area contributed by atoms with Crippen LogP contribution in [0.15, 0.2) is 12.4 Å². The molecule has 3 N–H and O–H groups in total. The highest BCUT2D eigenvalue weighted by molar-refractivity contribution is 5.91. The fraction of sp³-hybridized carbons (Fsp3) is 0.750. The van der Waals surface area contributed by atoms with Crippen molar-refractivity contribution >= 4 is 29.9 Å². The molecule has 8 nitrogen and oxygen atoms in total. The summed E-state index contributed by atoms with van der Waals surface area (Å²) in [4.78, 5) is 26.9. The Morgan fingerprint density at radius 3 is 2.52 bits per heavy atom. The third kappa shape index (κ3) is 6.42. The monoisotopic (exact) mass is 427 g/mol. The van der Waals surface area contributed by atoms with Crippen LogP contribution in [0.2, 0.25) is 0 Å². The van der Waals surface area contributed by atoms with Crippen LogP contribution < -0.4 is 11.1 Å². The summed E-state index contributed by atoms with van der Waals surface area (Å²) in [6.07, 6.45) is 9.35. The average molecular weight is 428 g/mol. The van der Waals surface area contributed by atoms with Gasteiger partial charge in [0.15, 0.2) is 0 Å². The molecular weight excluding hydrogens is 394 g/mol. The Morgan fingerprint density at radius 1 is 1.24 bits per heavy atom. The summed E-state index contributed by atoms with van der Waals surface area (Å²) in [6.45, 7) is 5.83. The predicted molar refractivity (Wildman–Crippen MR) is 114 cm³/mol. The van der Waals surface area contributed by atoms with E-state index in [1.165, 1.54) is 6.42 Å². The van der Waals surface area contributed by atoms with Gasteiger partial charge < -0.3 is 20.7 Å². The molecule has 0 radical (unpaired) electrons. The van der Waals surface area contributed by atoms with Crippen molar-refractivity contribution in [3.8, 4) is 0 Å². The number of ether oxygens (including phenoxy) is 1. The van der Waals surface area contributed by atoms with E-state index in [2.05, 4.69) is 10.4 Å². The number of aromatic nitrogens is 2. The summed E-state index contributed by atoms with van der Waals surface area (Å²) >= 11 is 0. The van der Waals surface area contributed by atoms with E-state index in [4.69, 9.17) is 10.5 Å². The molecule has 0 aromatic carbocycles. The zero-order valence-electron chi connectivity index (χ0n) is 17.4. The molecule has 2 unspecified atom stereocenters. The Hall–Kier alpha value is -1.64. The number of nitrogens with two attached hydrogens (primary N) is 1. The number of morpholine rings is 1. The first-order chi connectivity index (χ1) is 13.4. The smallest absolute Gasteiger partial charge is 0.244 e. The normalized spacial score (nSPS) is 23.9. The van der Waals surface area contributed by atoms with Gasteiger partial charge >= 0.3 is 0 Å². The first-order valence-electron chi connectivity index (χ1n) is 10.3. The molecule has 2 amide bonds. The summed E-state index contributed by atoms with van der Waals surface area (Å²) in [6, 6.07) is 0. The molecule has 2 fully saturated rings. The van der Waals surface area contributed by atoms with Crippen LogP contribution in [0.5, 0.6) is 0 Å². The van der Waals surface area contributed by atoms with E-state index in [0.717, 1.165) is 25.7 Å².